The summed E-state index contributed by atoms with van der Waals surface area (Å²) in [5.74, 6) is 0.486. The van der Waals surface area contributed by atoms with Crippen molar-refractivity contribution in [2.45, 2.75) is 25.1 Å². The van der Waals surface area contributed by atoms with Crippen LogP contribution in [0.1, 0.15) is 17.5 Å². The average Bonchev–Trinajstić information content (AvgIpc) is 3.23. The van der Waals surface area contributed by atoms with Crippen molar-refractivity contribution in [1.82, 2.24) is 15.3 Å². The number of benzene rings is 1. The van der Waals surface area contributed by atoms with E-state index < -0.39 is 11.7 Å². The maximum absolute atomic E-state index is 13.2. The molecule has 0 radical (unpaired) electrons. The Balaban J connectivity index is 1.42. The van der Waals surface area contributed by atoms with Gasteiger partial charge in [-0.25, -0.2) is 9.78 Å². The number of hydrogen-bond donors (Lipinski definition) is 1. The van der Waals surface area contributed by atoms with Crippen LogP contribution in [0, 0.1) is 0 Å². The van der Waals surface area contributed by atoms with E-state index in [9.17, 15) is 18.0 Å². The second kappa shape index (κ2) is 8.38. The Kier molecular flexibility index (Phi) is 5.39. The minimum absolute atomic E-state index is 0.0253. The Morgan fingerprint density at radius 1 is 1.12 bits per heavy atom. The predicted octanol–water partition coefficient (Wildman–Crippen LogP) is 4.51. The smallest absolute Gasteiger partial charge is 0.366 e. The van der Waals surface area contributed by atoms with E-state index in [0.29, 0.717) is 30.0 Å². The topological polar surface area (TPSA) is 61.4 Å². The van der Waals surface area contributed by atoms with E-state index in [1.54, 1.807) is 29.4 Å². The number of halogens is 3. The van der Waals surface area contributed by atoms with Gasteiger partial charge in [0.25, 0.3) is 0 Å². The molecule has 1 atom stereocenters. The molecule has 1 N–H and O–H groups in total. The van der Waals surface area contributed by atoms with Crippen molar-refractivity contribution in [2.24, 2.45) is 0 Å². The molecule has 6 nitrogen and oxygen atoms in total. The van der Waals surface area contributed by atoms with E-state index in [1.807, 2.05) is 18.2 Å². The molecular weight excluding hydrogens is 431 g/mol. The zero-order valence-corrected chi connectivity index (χ0v) is 17.7. The highest BCUT2D eigenvalue weighted by Crippen LogP contribution is 2.40. The fourth-order valence-electron chi connectivity index (χ4n) is 4.44. The van der Waals surface area contributed by atoms with Crippen LogP contribution in [-0.4, -0.2) is 41.7 Å². The zero-order valence-electron chi connectivity index (χ0n) is 17.7. The number of pyridine rings is 2. The molecule has 3 aromatic rings. The minimum atomic E-state index is -4.43. The molecule has 1 saturated heterocycles. The van der Waals surface area contributed by atoms with Crippen molar-refractivity contribution in [1.29, 1.82) is 0 Å². The number of urea groups is 1. The first-order valence-corrected chi connectivity index (χ1v) is 10.8. The summed E-state index contributed by atoms with van der Waals surface area (Å²) in [6, 6.07) is 12.2. The first kappa shape index (κ1) is 21.2. The van der Waals surface area contributed by atoms with Crippen molar-refractivity contribution in [2.75, 3.05) is 29.4 Å². The van der Waals surface area contributed by atoms with Crippen molar-refractivity contribution in [3.05, 3.63) is 72.1 Å². The van der Waals surface area contributed by atoms with E-state index in [2.05, 4.69) is 20.2 Å². The lowest BCUT2D eigenvalue weighted by atomic mass is 10.1. The monoisotopic (exact) mass is 453 g/mol. The summed E-state index contributed by atoms with van der Waals surface area (Å²) in [6.45, 7) is 1.98. The summed E-state index contributed by atoms with van der Waals surface area (Å²) in [5, 5.41) is 2.97. The normalized spacial score (nSPS) is 17.1. The van der Waals surface area contributed by atoms with Crippen molar-refractivity contribution in [3.8, 4) is 11.3 Å². The molecule has 170 valence electrons. The molecular formula is C24H22F3N5O. The standard InChI is InChI=1S/C24H22F3N5O/c25-24(26,27)18-3-1-2-17(14-18)20-4-5-21-22(30-20)32(19-9-13-31(21)15-19)23(33)29-12-8-16-6-10-28-11-7-16/h1-7,10-11,14,19H,8-9,12-13,15H2,(H,29,33)/t19-/m0/s1. The van der Waals surface area contributed by atoms with Gasteiger partial charge in [-0.2, -0.15) is 13.2 Å². The third-order valence-electron chi connectivity index (χ3n) is 6.10. The maximum Gasteiger partial charge on any atom is 0.416 e. The third-order valence-corrected chi connectivity index (χ3v) is 6.10. The maximum atomic E-state index is 13.2. The van der Waals surface area contributed by atoms with Crippen LogP contribution in [0.4, 0.5) is 29.5 Å². The second-order valence-corrected chi connectivity index (χ2v) is 8.21. The van der Waals surface area contributed by atoms with Gasteiger partial charge in [0.15, 0.2) is 5.82 Å². The lowest BCUT2D eigenvalue weighted by Crippen LogP contribution is -2.51. The van der Waals surface area contributed by atoms with Crippen LogP contribution in [0.25, 0.3) is 11.3 Å². The van der Waals surface area contributed by atoms with Gasteiger partial charge in [0.05, 0.1) is 23.0 Å². The highest BCUT2D eigenvalue weighted by molar-refractivity contribution is 5.97. The van der Waals surface area contributed by atoms with Crippen molar-refractivity contribution >= 4 is 17.5 Å². The molecule has 0 aliphatic carbocycles. The fraction of sp³-hybridized carbons (Fsp3) is 0.292. The number of anilines is 2. The van der Waals surface area contributed by atoms with Crippen LogP contribution in [0.15, 0.2) is 60.9 Å². The number of rotatable bonds is 4. The molecule has 5 rings (SSSR count). The van der Waals surface area contributed by atoms with Crippen LogP contribution in [0.2, 0.25) is 0 Å². The largest absolute Gasteiger partial charge is 0.416 e. The van der Waals surface area contributed by atoms with E-state index in [1.165, 1.54) is 6.07 Å². The summed E-state index contributed by atoms with van der Waals surface area (Å²) in [5.41, 5.74) is 1.93. The first-order valence-electron chi connectivity index (χ1n) is 10.8. The molecule has 2 amide bonds. The SMILES string of the molecule is O=C(NCCc1ccncc1)N1c2nc(-c3cccc(C(F)(F)F)c3)ccc2N2CC[C@H]1C2. The summed E-state index contributed by atoms with van der Waals surface area (Å²) >= 11 is 0. The Morgan fingerprint density at radius 3 is 2.73 bits per heavy atom. The van der Waals surface area contributed by atoms with Gasteiger partial charge in [0, 0.05) is 37.6 Å². The number of nitrogens with one attached hydrogen (secondary N) is 1. The second-order valence-electron chi connectivity index (χ2n) is 8.21. The van der Waals surface area contributed by atoms with Crippen LogP contribution in [-0.2, 0) is 12.6 Å². The molecule has 2 aliphatic rings. The van der Waals surface area contributed by atoms with E-state index in [0.717, 1.165) is 42.9 Å². The van der Waals surface area contributed by atoms with E-state index in [-0.39, 0.29) is 12.1 Å². The van der Waals surface area contributed by atoms with E-state index in [4.69, 9.17) is 0 Å². The van der Waals surface area contributed by atoms with E-state index >= 15 is 0 Å². The van der Waals surface area contributed by atoms with Gasteiger partial charge in [-0.15, -0.1) is 0 Å². The third kappa shape index (κ3) is 4.22. The Hall–Kier alpha value is -3.62. The van der Waals surface area contributed by atoms with Crippen molar-refractivity contribution < 1.29 is 18.0 Å². The average molecular weight is 453 g/mol. The molecule has 1 fully saturated rings. The molecule has 0 spiro atoms. The Bertz CT molecular complexity index is 1170. The van der Waals surface area contributed by atoms with Crippen LogP contribution >= 0.6 is 0 Å². The number of amides is 2. The summed E-state index contributed by atoms with van der Waals surface area (Å²) < 4.78 is 39.6. The first-order chi connectivity index (χ1) is 15.9. The summed E-state index contributed by atoms with van der Waals surface area (Å²) in [4.78, 5) is 25.7. The molecule has 2 aliphatic heterocycles. The van der Waals surface area contributed by atoms with Gasteiger partial charge in [-0.05, 0) is 54.8 Å². The number of alkyl halides is 3. The van der Waals surface area contributed by atoms with Gasteiger partial charge in [0.2, 0.25) is 0 Å². The number of hydrogen-bond acceptors (Lipinski definition) is 4. The lowest BCUT2D eigenvalue weighted by Gasteiger charge is -2.36. The molecule has 9 heteroatoms. The predicted molar refractivity (Wildman–Crippen MR) is 119 cm³/mol. The minimum Gasteiger partial charge on any atom is -0.366 e. The van der Waals surface area contributed by atoms with Crippen LogP contribution in [0.5, 0.6) is 0 Å². The number of carbonyl (C=O) groups is 1. The number of fused-ring (bicyclic) bond motifs is 4. The molecule has 2 bridgehead atoms. The molecule has 2 aromatic heterocycles. The number of aromatic nitrogens is 2. The number of carbonyl (C=O) groups excluding carboxylic acids is 1. The Labute approximate surface area is 189 Å². The fourth-order valence-corrected chi connectivity index (χ4v) is 4.44. The van der Waals surface area contributed by atoms with Crippen LogP contribution in [0.3, 0.4) is 0 Å². The van der Waals surface area contributed by atoms with Gasteiger partial charge in [0.1, 0.15) is 0 Å². The molecule has 1 aromatic carbocycles. The summed E-state index contributed by atoms with van der Waals surface area (Å²) in [7, 11) is 0. The summed E-state index contributed by atoms with van der Waals surface area (Å²) in [6.07, 6.45) is 0.473. The zero-order chi connectivity index (χ0) is 23.0. The van der Waals surface area contributed by atoms with Crippen molar-refractivity contribution in [3.63, 3.8) is 0 Å². The molecule has 0 unspecified atom stereocenters. The number of nitrogens with zero attached hydrogens (tertiary/aromatic N) is 4. The van der Waals surface area contributed by atoms with Gasteiger partial charge in [-0.3, -0.25) is 9.88 Å². The van der Waals surface area contributed by atoms with Crippen LogP contribution < -0.4 is 15.1 Å². The molecule has 4 heterocycles. The highest BCUT2D eigenvalue weighted by atomic mass is 19.4. The Morgan fingerprint density at radius 2 is 1.94 bits per heavy atom. The molecule has 33 heavy (non-hydrogen) atoms. The van der Waals surface area contributed by atoms with Gasteiger partial charge in [-0.1, -0.05) is 12.1 Å². The highest BCUT2D eigenvalue weighted by Gasteiger charge is 2.40. The quantitative estimate of drug-likeness (QED) is 0.631. The molecule has 0 saturated carbocycles. The van der Waals surface area contributed by atoms with Gasteiger partial charge < -0.3 is 10.2 Å². The van der Waals surface area contributed by atoms with Gasteiger partial charge >= 0.3 is 12.2 Å². The lowest BCUT2D eigenvalue weighted by molar-refractivity contribution is -0.137.